The Morgan fingerprint density at radius 2 is 1.90 bits per heavy atom. The standard InChI is InChI=1S/C18H23BF2N2O5S/c1-11(2)18(3,4)28-19(24)12-8-15(17(27-5)22-10-12)23-29(25,26)16-7-6-13(20)9-14(16)21/h6-11,23-24H,1-5H3. The third-order valence-electron chi connectivity index (χ3n) is 4.58. The molecule has 0 saturated heterocycles. The van der Waals surface area contributed by atoms with E-state index in [0.717, 1.165) is 12.1 Å². The second kappa shape index (κ2) is 8.64. The molecule has 1 aromatic heterocycles. The van der Waals surface area contributed by atoms with Crippen molar-refractivity contribution in [2.75, 3.05) is 11.8 Å². The zero-order valence-corrected chi connectivity index (χ0v) is 17.5. The Hall–Kier alpha value is -2.24. The predicted molar refractivity (Wildman–Crippen MR) is 106 cm³/mol. The average Bonchev–Trinajstić information content (AvgIpc) is 2.60. The van der Waals surface area contributed by atoms with E-state index in [-0.39, 0.29) is 22.9 Å². The number of pyridine rings is 1. The lowest BCUT2D eigenvalue weighted by molar-refractivity contribution is 0.0423. The molecule has 158 valence electrons. The summed E-state index contributed by atoms with van der Waals surface area (Å²) in [5, 5.41) is 10.4. The summed E-state index contributed by atoms with van der Waals surface area (Å²) in [5.41, 5.74) is -0.647. The van der Waals surface area contributed by atoms with Crippen molar-refractivity contribution in [3.63, 3.8) is 0 Å². The van der Waals surface area contributed by atoms with Crippen LogP contribution in [0.25, 0.3) is 0 Å². The van der Waals surface area contributed by atoms with Gasteiger partial charge in [-0.1, -0.05) is 13.8 Å². The smallest absolute Gasteiger partial charge is 0.480 e. The number of ether oxygens (including phenoxy) is 1. The molecule has 2 rings (SSSR count). The van der Waals surface area contributed by atoms with Crippen LogP contribution in [0.15, 0.2) is 35.4 Å². The Morgan fingerprint density at radius 1 is 1.24 bits per heavy atom. The number of anilines is 1. The van der Waals surface area contributed by atoms with Crippen LogP contribution in [-0.2, 0) is 14.7 Å². The van der Waals surface area contributed by atoms with Crippen molar-refractivity contribution in [3.8, 4) is 5.88 Å². The molecule has 0 saturated carbocycles. The highest BCUT2D eigenvalue weighted by atomic mass is 32.2. The number of sulfonamides is 1. The first-order valence-corrected chi connectivity index (χ1v) is 10.2. The highest BCUT2D eigenvalue weighted by molar-refractivity contribution is 7.92. The van der Waals surface area contributed by atoms with Crippen LogP contribution in [0.3, 0.4) is 0 Å². The Morgan fingerprint density at radius 3 is 2.45 bits per heavy atom. The third kappa shape index (κ3) is 5.43. The van der Waals surface area contributed by atoms with Crippen LogP contribution in [0.2, 0.25) is 0 Å². The third-order valence-corrected chi connectivity index (χ3v) is 5.98. The first kappa shape index (κ1) is 23.0. The molecule has 0 spiro atoms. The molecule has 0 bridgehead atoms. The number of hydrogen-bond donors (Lipinski definition) is 2. The SMILES string of the molecule is COc1ncc(B(O)OC(C)(C)C(C)C)cc1NS(=O)(=O)c1ccc(F)cc1F. The van der Waals surface area contributed by atoms with Gasteiger partial charge in [-0.3, -0.25) is 4.72 Å². The number of nitrogens with zero attached hydrogens (tertiary/aromatic N) is 1. The summed E-state index contributed by atoms with van der Waals surface area (Å²) in [6.07, 6.45) is 1.27. The predicted octanol–water partition coefficient (Wildman–Crippen LogP) is 2.31. The zero-order valence-electron chi connectivity index (χ0n) is 16.7. The first-order chi connectivity index (χ1) is 13.4. The number of halogens is 2. The normalized spacial score (nSPS) is 12.2. The van der Waals surface area contributed by atoms with Crippen molar-refractivity contribution in [1.29, 1.82) is 0 Å². The van der Waals surface area contributed by atoms with E-state index in [1.54, 1.807) is 13.8 Å². The second-order valence-corrected chi connectivity index (χ2v) is 8.88. The number of hydrogen-bond acceptors (Lipinski definition) is 6. The minimum atomic E-state index is -4.42. The molecule has 2 N–H and O–H groups in total. The highest BCUT2D eigenvalue weighted by Crippen LogP contribution is 2.26. The van der Waals surface area contributed by atoms with Gasteiger partial charge in [-0.2, -0.15) is 0 Å². The lowest BCUT2D eigenvalue weighted by Crippen LogP contribution is -2.44. The molecule has 2 aromatic rings. The summed E-state index contributed by atoms with van der Waals surface area (Å²) in [6.45, 7) is 7.46. The first-order valence-electron chi connectivity index (χ1n) is 8.75. The fourth-order valence-electron chi connectivity index (χ4n) is 2.22. The summed E-state index contributed by atoms with van der Waals surface area (Å²) in [7, 11) is -4.54. The van der Waals surface area contributed by atoms with E-state index >= 15 is 0 Å². The lowest BCUT2D eigenvalue weighted by Gasteiger charge is -2.31. The topological polar surface area (TPSA) is 97.8 Å². The van der Waals surface area contributed by atoms with Crippen LogP contribution in [-0.4, -0.2) is 38.3 Å². The molecule has 0 aliphatic carbocycles. The maximum absolute atomic E-state index is 13.9. The maximum atomic E-state index is 13.9. The van der Waals surface area contributed by atoms with Crippen LogP contribution < -0.4 is 14.9 Å². The molecule has 0 amide bonds. The van der Waals surface area contributed by atoms with Gasteiger partial charge in [0.1, 0.15) is 22.2 Å². The van der Waals surface area contributed by atoms with E-state index in [4.69, 9.17) is 9.39 Å². The molecule has 0 unspecified atom stereocenters. The molecule has 0 aliphatic heterocycles. The van der Waals surface area contributed by atoms with E-state index in [9.17, 15) is 22.2 Å². The monoisotopic (exact) mass is 428 g/mol. The van der Waals surface area contributed by atoms with E-state index < -0.39 is 39.3 Å². The fraction of sp³-hybridized carbons (Fsp3) is 0.389. The van der Waals surface area contributed by atoms with Gasteiger partial charge in [0, 0.05) is 17.7 Å². The molecule has 0 radical (unpaired) electrons. The summed E-state index contributed by atoms with van der Waals surface area (Å²) in [6, 6.07) is 3.37. The average molecular weight is 428 g/mol. The molecular formula is C18H23BF2N2O5S. The van der Waals surface area contributed by atoms with Crippen LogP contribution in [0, 0.1) is 17.6 Å². The fourth-order valence-corrected chi connectivity index (χ4v) is 3.33. The van der Waals surface area contributed by atoms with Gasteiger partial charge in [-0.05, 0) is 38.0 Å². The van der Waals surface area contributed by atoms with Crippen molar-refractivity contribution >= 4 is 28.3 Å². The Labute approximate surface area is 169 Å². The summed E-state index contributed by atoms with van der Waals surface area (Å²) >= 11 is 0. The summed E-state index contributed by atoms with van der Waals surface area (Å²) in [5.74, 6) is -2.17. The van der Waals surface area contributed by atoms with Crippen LogP contribution >= 0.6 is 0 Å². The van der Waals surface area contributed by atoms with Gasteiger partial charge in [-0.25, -0.2) is 22.2 Å². The summed E-state index contributed by atoms with van der Waals surface area (Å²) in [4.78, 5) is 3.22. The van der Waals surface area contributed by atoms with Gasteiger partial charge >= 0.3 is 7.12 Å². The molecule has 29 heavy (non-hydrogen) atoms. The van der Waals surface area contributed by atoms with Crippen LogP contribution in [0.1, 0.15) is 27.7 Å². The number of rotatable bonds is 8. The molecule has 0 fully saturated rings. The van der Waals surface area contributed by atoms with Crippen molar-refractivity contribution < 1.29 is 31.6 Å². The van der Waals surface area contributed by atoms with E-state index in [1.807, 2.05) is 13.8 Å². The van der Waals surface area contributed by atoms with Gasteiger partial charge in [-0.15, -0.1) is 0 Å². The van der Waals surface area contributed by atoms with Crippen LogP contribution in [0.4, 0.5) is 14.5 Å². The largest absolute Gasteiger partial charge is 0.493 e. The second-order valence-electron chi connectivity index (χ2n) is 7.23. The van der Waals surface area contributed by atoms with Crippen molar-refractivity contribution in [2.45, 2.75) is 38.2 Å². The molecular weight excluding hydrogens is 405 g/mol. The van der Waals surface area contributed by atoms with Crippen molar-refractivity contribution in [1.82, 2.24) is 4.98 Å². The van der Waals surface area contributed by atoms with Gasteiger partial charge < -0.3 is 14.4 Å². The number of benzene rings is 1. The Balaban J connectivity index is 2.38. The highest BCUT2D eigenvalue weighted by Gasteiger charge is 2.31. The number of aromatic nitrogens is 1. The zero-order chi connectivity index (χ0) is 22.0. The molecule has 7 nitrogen and oxygen atoms in total. The van der Waals surface area contributed by atoms with Crippen molar-refractivity contribution in [2.24, 2.45) is 5.92 Å². The van der Waals surface area contributed by atoms with Gasteiger partial charge in [0.2, 0.25) is 5.88 Å². The van der Waals surface area contributed by atoms with E-state index in [0.29, 0.717) is 6.07 Å². The van der Waals surface area contributed by atoms with Gasteiger partial charge in [0.15, 0.2) is 0 Å². The molecule has 1 heterocycles. The minimum absolute atomic E-state index is 0.0859. The Kier molecular flexibility index (Phi) is 6.87. The van der Waals surface area contributed by atoms with Crippen molar-refractivity contribution in [3.05, 3.63) is 42.1 Å². The molecule has 0 aliphatic rings. The number of methoxy groups -OCH3 is 1. The Bertz CT molecular complexity index is 986. The van der Waals surface area contributed by atoms with E-state index in [2.05, 4.69) is 9.71 Å². The number of nitrogens with one attached hydrogen (secondary N) is 1. The minimum Gasteiger partial charge on any atom is -0.480 e. The molecule has 11 heteroatoms. The van der Waals surface area contributed by atoms with Gasteiger partial charge in [0.25, 0.3) is 10.0 Å². The quantitative estimate of drug-likeness (QED) is 0.627. The maximum Gasteiger partial charge on any atom is 0.493 e. The molecule has 1 aromatic carbocycles. The summed E-state index contributed by atoms with van der Waals surface area (Å²) < 4.78 is 65.0. The lowest BCUT2D eigenvalue weighted by atomic mass is 9.78. The van der Waals surface area contributed by atoms with Gasteiger partial charge in [0.05, 0.1) is 12.7 Å². The van der Waals surface area contributed by atoms with Crippen LogP contribution in [0.5, 0.6) is 5.88 Å². The van der Waals surface area contributed by atoms with E-state index in [1.165, 1.54) is 19.4 Å². The molecule has 0 atom stereocenters.